The number of nitrogens with zero attached hydrogens (tertiary/aromatic N) is 3. The molecule has 0 bridgehead atoms. The molecule has 1 saturated carbocycles. The number of hydrogen-bond acceptors (Lipinski definition) is 4. The number of amides is 1. The van der Waals surface area contributed by atoms with Crippen LogP contribution in [0.3, 0.4) is 0 Å². The van der Waals surface area contributed by atoms with Crippen molar-refractivity contribution in [1.29, 1.82) is 0 Å². The molecule has 1 atom stereocenters. The van der Waals surface area contributed by atoms with Crippen molar-refractivity contribution in [2.45, 2.75) is 31.8 Å². The van der Waals surface area contributed by atoms with Crippen LogP contribution in [0, 0.1) is 0 Å². The topological polar surface area (TPSA) is 72.3 Å². The number of carbonyl (C=O) groups is 1. The molecule has 1 aromatic heterocycles. The Morgan fingerprint density at radius 2 is 2.08 bits per heavy atom. The predicted octanol–water partition coefficient (Wildman–Crippen LogP) is 2.56. The van der Waals surface area contributed by atoms with Gasteiger partial charge in [-0.05, 0) is 31.9 Å². The molecule has 1 aliphatic carbocycles. The fourth-order valence-electron chi connectivity index (χ4n) is 2.95. The van der Waals surface area contributed by atoms with Gasteiger partial charge < -0.3 is 4.90 Å². The summed E-state index contributed by atoms with van der Waals surface area (Å²) in [6.45, 7) is 1.77. The second-order valence-corrected chi connectivity index (χ2v) is 9.10. The Bertz CT molecular complexity index is 890. The summed E-state index contributed by atoms with van der Waals surface area (Å²) < 4.78 is 24.8. The minimum Gasteiger partial charge on any atom is -0.332 e. The Hall–Kier alpha value is -1.86. The lowest BCUT2D eigenvalue weighted by Gasteiger charge is -2.28. The lowest BCUT2D eigenvalue weighted by molar-refractivity contribution is 0.0693. The Morgan fingerprint density at radius 1 is 1.40 bits per heavy atom. The monoisotopic (exact) mass is 381 g/mol. The van der Waals surface area contributed by atoms with Gasteiger partial charge in [0.05, 0.1) is 28.2 Å². The zero-order chi connectivity index (χ0) is 18.2. The summed E-state index contributed by atoms with van der Waals surface area (Å²) in [5.74, 6) is -0.245. The quantitative estimate of drug-likeness (QED) is 0.770. The fraction of sp³-hybridized carbons (Fsp3) is 0.412. The van der Waals surface area contributed by atoms with E-state index in [2.05, 4.69) is 5.10 Å². The summed E-state index contributed by atoms with van der Waals surface area (Å²) in [5, 5.41) is 4.77. The molecule has 6 nitrogen and oxygen atoms in total. The van der Waals surface area contributed by atoms with E-state index >= 15 is 0 Å². The highest BCUT2D eigenvalue weighted by Gasteiger charge is 2.37. The minimum absolute atomic E-state index is 0.0477. The van der Waals surface area contributed by atoms with Crippen LogP contribution in [-0.4, -0.2) is 53.1 Å². The van der Waals surface area contributed by atoms with Gasteiger partial charge in [0, 0.05) is 24.5 Å². The Kier molecular flexibility index (Phi) is 4.88. The summed E-state index contributed by atoms with van der Waals surface area (Å²) in [4.78, 5) is 14.6. The lowest BCUT2D eigenvalue weighted by Crippen LogP contribution is -2.43. The van der Waals surface area contributed by atoms with Crippen LogP contribution in [0.5, 0.6) is 0 Å². The van der Waals surface area contributed by atoms with Gasteiger partial charge in [0.25, 0.3) is 5.91 Å². The molecule has 0 radical (unpaired) electrons. The second kappa shape index (κ2) is 6.80. The molecule has 3 rings (SSSR count). The number of aromatic nitrogens is 2. The highest BCUT2D eigenvalue weighted by molar-refractivity contribution is 7.90. The molecular formula is C17H20ClN3O3S. The third-order valence-electron chi connectivity index (χ3n) is 4.12. The molecule has 25 heavy (non-hydrogen) atoms. The van der Waals surface area contributed by atoms with E-state index in [9.17, 15) is 13.2 Å². The van der Waals surface area contributed by atoms with Gasteiger partial charge in [0.15, 0.2) is 0 Å². The Morgan fingerprint density at radius 3 is 2.68 bits per heavy atom. The highest BCUT2D eigenvalue weighted by Crippen LogP contribution is 2.30. The standard InChI is InChI=1S/C17H20ClN3O3S/c1-12(11-25(2,23)24)21(14-7-8-14)17(22)13-9-19-20(10-13)16-6-4-3-5-15(16)18/h3-6,9-10,12,14H,7-8,11H2,1-2H3. The van der Waals surface area contributed by atoms with Crippen LogP contribution in [-0.2, 0) is 9.84 Å². The summed E-state index contributed by atoms with van der Waals surface area (Å²) in [5.41, 5.74) is 1.11. The molecule has 1 aromatic carbocycles. The zero-order valence-corrected chi connectivity index (χ0v) is 15.7. The van der Waals surface area contributed by atoms with Gasteiger partial charge in [-0.15, -0.1) is 0 Å². The fourth-order valence-corrected chi connectivity index (χ4v) is 4.21. The molecule has 8 heteroatoms. The Balaban J connectivity index is 1.85. The number of hydrogen-bond donors (Lipinski definition) is 0. The number of para-hydroxylation sites is 1. The average Bonchev–Trinajstić information content (AvgIpc) is 3.21. The Labute approximate surface area is 152 Å². The van der Waals surface area contributed by atoms with Gasteiger partial charge in [-0.1, -0.05) is 23.7 Å². The molecule has 1 unspecified atom stereocenters. The van der Waals surface area contributed by atoms with Crippen molar-refractivity contribution in [3.05, 3.63) is 47.2 Å². The first-order valence-corrected chi connectivity index (χ1v) is 10.5. The number of sulfone groups is 1. The SMILES string of the molecule is CC(CS(C)(=O)=O)N(C(=O)c1cnn(-c2ccccc2Cl)c1)C1CC1. The van der Waals surface area contributed by atoms with Crippen LogP contribution in [0.4, 0.5) is 0 Å². The van der Waals surface area contributed by atoms with Crippen LogP contribution in [0.15, 0.2) is 36.7 Å². The molecular weight excluding hydrogens is 362 g/mol. The second-order valence-electron chi connectivity index (χ2n) is 6.51. The average molecular weight is 382 g/mol. The van der Waals surface area contributed by atoms with Gasteiger partial charge in [-0.25, -0.2) is 13.1 Å². The van der Waals surface area contributed by atoms with E-state index in [1.165, 1.54) is 12.5 Å². The van der Waals surface area contributed by atoms with E-state index in [0.29, 0.717) is 16.3 Å². The van der Waals surface area contributed by atoms with Crippen molar-refractivity contribution in [3.8, 4) is 5.69 Å². The van der Waals surface area contributed by atoms with Gasteiger partial charge in [0.2, 0.25) is 0 Å². The third-order valence-corrected chi connectivity index (χ3v) is 5.53. The smallest absolute Gasteiger partial charge is 0.257 e. The third kappa shape index (κ3) is 4.22. The van der Waals surface area contributed by atoms with E-state index in [1.54, 1.807) is 28.8 Å². The predicted molar refractivity (Wildman–Crippen MR) is 96.9 cm³/mol. The molecule has 1 amide bonds. The first-order valence-electron chi connectivity index (χ1n) is 8.06. The maximum atomic E-state index is 12.9. The molecule has 0 spiro atoms. The van der Waals surface area contributed by atoms with E-state index in [-0.39, 0.29) is 23.7 Å². The van der Waals surface area contributed by atoms with Crippen molar-refractivity contribution in [2.24, 2.45) is 0 Å². The van der Waals surface area contributed by atoms with Gasteiger partial charge >= 0.3 is 0 Å². The largest absolute Gasteiger partial charge is 0.332 e. The van der Waals surface area contributed by atoms with Crippen LogP contribution < -0.4 is 0 Å². The summed E-state index contributed by atoms with van der Waals surface area (Å²) in [7, 11) is -3.17. The molecule has 134 valence electrons. The van der Waals surface area contributed by atoms with Crippen molar-refractivity contribution >= 4 is 27.3 Å². The molecule has 1 fully saturated rings. The van der Waals surface area contributed by atoms with Crippen LogP contribution in [0.1, 0.15) is 30.1 Å². The van der Waals surface area contributed by atoms with Gasteiger partial charge in [-0.2, -0.15) is 5.10 Å². The zero-order valence-electron chi connectivity index (χ0n) is 14.1. The highest BCUT2D eigenvalue weighted by atomic mass is 35.5. The van der Waals surface area contributed by atoms with E-state index in [1.807, 2.05) is 18.2 Å². The number of rotatable bonds is 6. The normalized spacial score (nSPS) is 15.8. The summed E-state index contributed by atoms with van der Waals surface area (Å²) in [6.07, 6.45) is 6.12. The van der Waals surface area contributed by atoms with Gasteiger partial charge in [-0.3, -0.25) is 4.79 Å². The van der Waals surface area contributed by atoms with Crippen LogP contribution >= 0.6 is 11.6 Å². The van der Waals surface area contributed by atoms with E-state index < -0.39 is 9.84 Å². The minimum atomic E-state index is -3.17. The molecule has 0 N–H and O–H groups in total. The molecule has 0 aliphatic heterocycles. The maximum Gasteiger partial charge on any atom is 0.257 e. The van der Waals surface area contributed by atoms with Crippen LogP contribution in [0.25, 0.3) is 5.69 Å². The molecule has 1 aliphatic rings. The van der Waals surface area contributed by atoms with E-state index in [4.69, 9.17) is 11.6 Å². The van der Waals surface area contributed by atoms with Crippen molar-refractivity contribution in [2.75, 3.05) is 12.0 Å². The number of halogens is 1. The molecule has 1 heterocycles. The number of carbonyl (C=O) groups excluding carboxylic acids is 1. The van der Waals surface area contributed by atoms with Crippen molar-refractivity contribution in [1.82, 2.24) is 14.7 Å². The molecule has 2 aromatic rings. The van der Waals surface area contributed by atoms with Crippen molar-refractivity contribution < 1.29 is 13.2 Å². The summed E-state index contributed by atoms with van der Waals surface area (Å²) >= 11 is 6.17. The first-order chi connectivity index (χ1) is 11.8. The van der Waals surface area contributed by atoms with Gasteiger partial charge in [0.1, 0.15) is 9.84 Å². The lowest BCUT2D eigenvalue weighted by atomic mass is 10.2. The van der Waals surface area contributed by atoms with Crippen molar-refractivity contribution in [3.63, 3.8) is 0 Å². The number of benzene rings is 1. The van der Waals surface area contributed by atoms with Crippen LogP contribution in [0.2, 0.25) is 5.02 Å². The first kappa shape index (κ1) is 17.9. The summed E-state index contributed by atoms with van der Waals surface area (Å²) in [6, 6.07) is 6.96. The van der Waals surface area contributed by atoms with E-state index in [0.717, 1.165) is 12.8 Å². The molecule has 0 saturated heterocycles. The maximum absolute atomic E-state index is 12.9.